The second kappa shape index (κ2) is 5.61. The molecular weight excluding hydrogens is 354 g/mol. The number of rotatable bonds is 3. The molecule has 0 saturated heterocycles. The topological polar surface area (TPSA) is 34.9 Å². The van der Waals surface area contributed by atoms with Gasteiger partial charge >= 0.3 is 0 Å². The van der Waals surface area contributed by atoms with E-state index in [1.807, 2.05) is 13.8 Å². The first-order chi connectivity index (χ1) is 9.32. The molecular formula is C13H10BrClF2N2O. The second-order valence-corrected chi connectivity index (χ2v) is 5.72. The van der Waals surface area contributed by atoms with E-state index >= 15 is 0 Å². The Balaban J connectivity index is 2.58. The Morgan fingerprint density at radius 2 is 2.00 bits per heavy atom. The van der Waals surface area contributed by atoms with Gasteiger partial charge in [0.25, 0.3) is 0 Å². The van der Waals surface area contributed by atoms with E-state index in [0.717, 1.165) is 12.1 Å². The molecule has 0 aliphatic rings. The monoisotopic (exact) mass is 362 g/mol. The minimum absolute atomic E-state index is 0.0968. The van der Waals surface area contributed by atoms with Crippen molar-refractivity contribution in [1.29, 1.82) is 0 Å². The van der Waals surface area contributed by atoms with Crippen LogP contribution in [-0.4, -0.2) is 15.6 Å². The summed E-state index contributed by atoms with van der Waals surface area (Å²) >= 11 is 8.67. The molecule has 106 valence electrons. The molecule has 0 aliphatic heterocycles. The van der Waals surface area contributed by atoms with Crippen LogP contribution in [0.15, 0.2) is 22.8 Å². The normalized spacial score (nSPS) is 11.2. The van der Waals surface area contributed by atoms with Gasteiger partial charge in [-0.1, -0.05) is 11.6 Å². The first-order valence-corrected chi connectivity index (χ1v) is 6.92. The second-order valence-electron chi connectivity index (χ2n) is 4.45. The van der Waals surface area contributed by atoms with Crippen LogP contribution in [0.25, 0.3) is 0 Å². The number of nitrogens with zero attached hydrogens (tertiary/aromatic N) is 2. The van der Waals surface area contributed by atoms with Crippen LogP contribution in [0.2, 0.25) is 5.02 Å². The quantitative estimate of drug-likeness (QED) is 0.599. The van der Waals surface area contributed by atoms with Gasteiger partial charge in [0.2, 0.25) is 5.78 Å². The smallest absolute Gasteiger partial charge is 0.215 e. The standard InChI is InChI=1S/C13H10BrClF2N2O/c1-6(2)19-12(8(14)5-18-19)13(20)7-3-11(17)9(15)4-10(7)16/h3-6H,1-2H3. The summed E-state index contributed by atoms with van der Waals surface area (Å²) in [5.41, 5.74) is -0.212. The van der Waals surface area contributed by atoms with Gasteiger partial charge in [0.1, 0.15) is 17.3 Å². The molecule has 0 radical (unpaired) electrons. The fourth-order valence-corrected chi connectivity index (χ4v) is 2.37. The number of halogens is 4. The van der Waals surface area contributed by atoms with Gasteiger partial charge in [0.05, 0.1) is 21.3 Å². The van der Waals surface area contributed by atoms with E-state index in [2.05, 4.69) is 21.0 Å². The SMILES string of the molecule is CC(C)n1ncc(Br)c1C(=O)c1cc(F)c(Cl)cc1F. The first-order valence-electron chi connectivity index (χ1n) is 5.75. The molecule has 0 unspecified atom stereocenters. The number of benzene rings is 1. The zero-order valence-corrected chi connectivity index (χ0v) is 13.0. The average Bonchev–Trinajstić information content (AvgIpc) is 2.75. The molecule has 0 bridgehead atoms. The Hall–Kier alpha value is -1.27. The molecule has 1 aromatic carbocycles. The summed E-state index contributed by atoms with van der Waals surface area (Å²) in [4.78, 5) is 12.4. The lowest BCUT2D eigenvalue weighted by Crippen LogP contribution is -2.15. The van der Waals surface area contributed by atoms with Crippen LogP contribution in [-0.2, 0) is 0 Å². The zero-order chi connectivity index (χ0) is 15.0. The predicted molar refractivity (Wildman–Crippen MR) is 75.1 cm³/mol. The van der Waals surface area contributed by atoms with Crippen LogP contribution in [0, 0.1) is 11.6 Å². The van der Waals surface area contributed by atoms with Gasteiger partial charge in [0.15, 0.2) is 0 Å². The Morgan fingerprint density at radius 1 is 1.35 bits per heavy atom. The van der Waals surface area contributed by atoms with E-state index < -0.39 is 17.4 Å². The maximum atomic E-state index is 13.8. The molecule has 0 amide bonds. The summed E-state index contributed by atoms with van der Waals surface area (Å²) in [5, 5.41) is 3.67. The number of carbonyl (C=O) groups excluding carboxylic acids is 1. The van der Waals surface area contributed by atoms with E-state index in [0.29, 0.717) is 4.47 Å². The molecule has 0 saturated carbocycles. The van der Waals surface area contributed by atoms with Gasteiger partial charge in [-0.3, -0.25) is 9.48 Å². The van der Waals surface area contributed by atoms with Gasteiger partial charge in [-0.2, -0.15) is 5.10 Å². The fourth-order valence-electron chi connectivity index (χ4n) is 1.77. The predicted octanol–water partition coefficient (Wildman–Crippen LogP) is 4.39. The Morgan fingerprint density at radius 3 is 2.60 bits per heavy atom. The van der Waals surface area contributed by atoms with Crippen molar-refractivity contribution in [3.63, 3.8) is 0 Å². The van der Waals surface area contributed by atoms with Gasteiger partial charge in [-0.15, -0.1) is 0 Å². The van der Waals surface area contributed by atoms with E-state index in [1.54, 1.807) is 0 Å². The number of carbonyl (C=O) groups is 1. The number of ketones is 1. The van der Waals surface area contributed by atoms with Crippen molar-refractivity contribution in [2.24, 2.45) is 0 Å². The summed E-state index contributed by atoms with van der Waals surface area (Å²) in [6.45, 7) is 3.66. The summed E-state index contributed by atoms with van der Waals surface area (Å²) in [6.07, 6.45) is 1.44. The van der Waals surface area contributed by atoms with Gasteiger partial charge in [-0.25, -0.2) is 8.78 Å². The van der Waals surface area contributed by atoms with Crippen molar-refractivity contribution in [2.45, 2.75) is 19.9 Å². The molecule has 3 nitrogen and oxygen atoms in total. The minimum atomic E-state index is -0.871. The Kier molecular flexibility index (Phi) is 4.25. The van der Waals surface area contributed by atoms with Crippen LogP contribution >= 0.6 is 27.5 Å². The summed E-state index contributed by atoms with van der Waals surface area (Å²) in [7, 11) is 0. The maximum Gasteiger partial charge on any atom is 0.215 e. The van der Waals surface area contributed by atoms with Gasteiger partial charge in [0, 0.05) is 6.04 Å². The van der Waals surface area contributed by atoms with E-state index in [4.69, 9.17) is 11.6 Å². The molecule has 2 rings (SSSR count). The van der Waals surface area contributed by atoms with Crippen LogP contribution < -0.4 is 0 Å². The maximum absolute atomic E-state index is 13.8. The third-order valence-corrected chi connectivity index (χ3v) is 3.58. The summed E-state index contributed by atoms with van der Waals surface area (Å²) in [6, 6.07) is 1.48. The lowest BCUT2D eigenvalue weighted by atomic mass is 10.1. The van der Waals surface area contributed by atoms with Crippen molar-refractivity contribution in [3.05, 3.63) is 50.7 Å². The highest BCUT2D eigenvalue weighted by Crippen LogP contribution is 2.26. The molecule has 0 fully saturated rings. The van der Waals surface area contributed by atoms with E-state index in [1.165, 1.54) is 10.9 Å². The number of hydrogen-bond acceptors (Lipinski definition) is 2. The highest BCUT2D eigenvalue weighted by atomic mass is 79.9. The molecule has 1 heterocycles. The third-order valence-electron chi connectivity index (χ3n) is 2.71. The zero-order valence-electron chi connectivity index (χ0n) is 10.6. The summed E-state index contributed by atoms with van der Waals surface area (Å²) in [5.74, 6) is -2.37. The molecule has 2 aromatic rings. The molecule has 1 aromatic heterocycles. The largest absolute Gasteiger partial charge is 0.287 e. The van der Waals surface area contributed by atoms with Crippen molar-refractivity contribution < 1.29 is 13.6 Å². The highest BCUT2D eigenvalue weighted by molar-refractivity contribution is 9.10. The Labute approximate surface area is 127 Å². The Bertz CT molecular complexity index is 685. The fraction of sp³-hybridized carbons (Fsp3) is 0.231. The molecule has 0 N–H and O–H groups in total. The highest BCUT2D eigenvalue weighted by Gasteiger charge is 2.24. The lowest BCUT2D eigenvalue weighted by Gasteiger charge is -2.11. The van der Waals surface area contributed by atoms with Crippen molar-refractivity contribution in [1.82, 2.24) is 9.78 Å². The molecule has 0 atom stereocenters. The van der Waals surface area contributed by atoms with Crippen LogP contribution in [0.5, 0.6) is 0 Å². The van der Waals surface area contributed by atoms with Crippen LogP contribution in [0.3, 0.4) is 0 Å². The van der Waals surface area contributed by atoms with E-state index in [9.17, 15) is 13.6 Å². The van der Waals surface area contributed by atoms with Crippen molar-refractivity contribution in [3.8, 4) is 0 Å². The number of aromatic nitrogens is 2. The van der Waals surface area contributed by atoms with Crippen molar-refractivity contribution in [2.75, 3.05) is 0 Å². The van der Waals surface area contributed by atoms with Crippen molar-refractivity contribution >= 4 is 33.3 Å². The minimum Gasteiger partial charge on any atom is -0.287 e. The van der Waals surface area contributed by atoms with Crippen LogP contribution in [0.1, 0.15) is 35.9 Å². The lowest BCUT2D eigenvalue weighted by molar-refractivity contribution is 0.102. The average molecular weight is 364 g/mol. The third kappa shape index (κ3) is 2.62. The molecule has 7 heteroatoms. The first kappa shape index (κ1) is 15.1. The van der Waals surface area contributed by atoms with Gasteiger partial charge < -0.3 is 0 Å². The summed E-state index contributed by atoms with van der Waals surface area (Å²) < 4.78 is 29.1. The molecule has 0 spiro atoms. The molecule has 20 heavy (non-hydrogen) atoms. The van der Waals surface area contributed by atoms with Gasteiger partial charge in [-0.05, 0) is 41.9 Å². The molecule has 0 aliphatic carbocycles. The van der Waals surface area contributed by atoms with Crippen LogP contribution in [0.4, 0.5) is 8.78 Å². The van der Waals surface area contributed by atoms with E-state index in [-0.39, 0.29) is 22.3 Å². The number of hydrogen-bond donors (Lipinski definition) is 0.